The Labute approximate surface area is 152 Å². The first-order valence-corrected chi connectivity index (χ1v) is 8.53. The van der Waals surface area contributed by atoms with Gasteiger partial charge in [-0.2, -0.15) is 0 Å². The highest BCUT2D eigenvalue weighted by atomic mass is 16.5. The zero-order valence-electron chi connectivity index (χ0n) is 14.6. The summed E-state index contributed by atoms with van der Waals surface area (Å²) in [6, 6.07) is 14.8. The van der Waals surface area contributed by atoms with Gasteiger partial charge in [-0.05, 0) is 42.2 Å². The van der Waals surface area contributed by atoms with E-state index in [1.54, 1.807) is 11.0 Å². The van der Waals surface area contributed by atoms with Gasteiger partial charge in [-0.15, -0.1) is 0 Å². The van der Waals surface area contributed by atoms with Crippen LogP contribution in [-0.4, -0.2) is 41.6 Å². The van der Waals surface area contributed by atoms with Crippen molar-refractivity contribution in [3.05, 3.63) is 71.3 Å². The lowest BCUT2D eigenvalue weighted by atomic mass is 10.00. The van der Waals surface area contributed by atoms with E-state index in [0.29, 0.717) is 13.1 Å². The molecule has 1 aliphatic rings. The minimum atomic E-state index is -0.701. The summed E-state index contributed by atoms with van der Waals surface area (Å²) in [6.07, 6.45) is 2.80. The minimum absolute atomic E-state index is 0.0632. The Morgan fingerprint density at radius 3 is 2.58 bits per heavy atom. The molecule has 0 radical (unpaired) electrons. The van der Waals surface area contributed by atoms with Crippen LogP contribution in [0.1, 0.15) is 27.9 Å². The van der Waals surface area contributed by atoms with Crippen LogP contribution >= 0.6 is 0 Å². The predicted molar refractivity (Wildman–Crippen MR) is 98.7 cm³/mol. The molecule has 0 spiro atoms. The first kappa shape index (κ1) is 17.7. The Balaban J connectivity index is 1.54. The lowest BCUT2D eigenvalue weighted by Crippen LogP contribution is -2.37. The molecule has 3 rings (SSSR count). The summed E-state index contributed by atoms with van der Waals surface area (Å²) in [5, 5.41) is 9.81. The van der Waals surface area contributed by atoms with Crippen molar-refractivity contribution in [3.63, 3.8) is 0 Å². The number of benzene rings is 2. The maximum absolute atomic E-state index is 12.3. The SMILES string of the molecule is Cc1ccc(C(=O)OCC(=O)N2CC=C(c3ccccc3)CC2)c(O)c1. The summed E-state index contributed by atoms with van der Waals surface area (Å²) in [5.74, 6) is -1.09. The Kier molecular flexibility index (Phi) is 5.37. The second kappa shape index (κ2) is 7.87. The number of carbonyl (C=O) groups excluding carboxylic acids is 2. The van der Waals surface area contributed by atoms with Crippen LogP contribution in [0.15, 0.2) is 54.6 Å². The Hall–Kier alpha value is -3.08. The monoisotopic (exact) mass is 351 g/mol. The fourth-order valence-electron chi connectivity index (χ4n) is 2.92. The molecule has 5 heteroatoms. The van der Waals surface area contributed by atoms with Crippen molar-refractivity contribution < 1.29 is 19.4 Å². The predicted octanol–water partition coefficient (Wildman–Crippen LogP) is 3.17. The highest BCUT2D eigenvalue weighted by molar-refractivity contribution is 5.94. The van der Waals surface area contributed by atoms with Crippen LogP contribution < -0.4 is 0 Å². The molecular weight excluding hydrogens is 330 g/mol. The molecule has 0 unspecified atom stereocenters. The highest BCUT2D eigenvalue weighted by Gasteiger charge is 2.20. The van der Waals surface area contributed by atoms with Crippen LogP contribution in [0, 0.1) is 6.92 Å². The maximum atomic E-state index is 12.3. The van der Waals surface area contributed by atoms with Crippen LogP contribution in [0.4, 0.5) is 0 Å². The molecular formula is C21H21NO4. The maximum Gasteiger partial charge on any atom is 0.342 e. The van der Waals surface area contributed by atoms with E-state index in [2.05, 4.69) is 12.1 Å². The van der Waals surface area contributed by atoms with Crippen molar-refractivity contribution >= 4 is 17.4 Å². The molecule has 0 aromatic heterocycles. The number of rotatable bonds is 4. The summed E-state index contributed by atoms with van der Waals surface area (Å²) >= 11 is 0. The molecule has 1 heterocycles. The van der Waals surface area contributed by atoms with Gasteiger partial charge in [-0.25, -0.2) is 4.79 Å². The van der Waals surface area contributed by atoms with Gasteiger partial charge in [0.05, 0.1) is 0 Å². The first-order valence-electron chi connectivity index (χ1n) is 8.53. The van der Waals surface area contributed by atoms with Crippen molar-refractivity contribution in [1.82, 2.24) is 4.90 Å². The van der Waals surface area contributed by atoms with Gasteiger partial charge in [0.1, 0.15) is 11.3 Å². The first-order chi connectivity index (χ1) is 12.5. The van der Waals surface area contributed by atoms with Crippen LogP contribution in [0.25, 0.3) is 5.57 Å². The van der Waals surface area contributed by atoms with Gasteiger partial charge < -0.3 is 14.7 Å². The molecule has 2 aromatic carbocycles. The van der Waals surface area contributed by atoms with Crippen LogP contribution in [0.2, 0.25) is 0 Å². The van der Waals surface area contributed by atoms with E-state index in [0.717, 1.165) is 12.0 Å². The molecule has 0 atom stereocenters. The Morgan fingerprint density at radius 1 is 1.15 bits per heavy atom. The average molecular weight is 351 g/mol. The molecule has 134 valence electrons. The summed E-state index contributed by atoms with van der Waals surface area (Å²) in [4.78, 5) is 26.0. The van der Waals surface area contributed by atoms with Crippen molar-refractivity contribution in [2.45, 2.75) is 13.3 Å². The molecule has 1 N–H and O–H groups in total. The van der Waals surface area contributed by atoms with Crippen LogP contribution in [-0.2, 0) is 9.53 Å². The van der Waals surface area contributed by atoms with Crippen molar-refractivity contribution in [2.75, 3.05) is 19.7 Å². The number of phenolic OH excluding ortho intramolecular Hbond substituents is 1. The second-order valence-electron chi connectivity index (χ2n) is 6.28. The molecule has 0 fully saturated rings. The largest absolute Gasteiger partial charge is 0.507 e. The van der Waals surface area contributed by atoms with Gasteiger partial charge in [0, 0.05) is 13.1 Å². The van der Waals surface area contributed by atoms with Crippen LogP contribution in [0.3, 0.4) is 0 Å². The molecule has 0 saturated heterocycles. The lowest BCUT2D eigenvalue weighted by molar-refractivity contribution is -0.134. The third-order valence-corrected chi connectivity index (χ3v) is 4.41. The minimum Gasteiger partial charge on any atom is -0.507 e. The highest BCUT2D eigenvalue weighted by Crippen LogP contribution is 2.22. The number of nitrogens with zero attached hydrogens (tertiary/aromatic N) is 1. The quantitative estimate of drug-likeness (QED) is 0.859. The number of aryl methyl sites for hydroxylation is 1. The van der Waals surface area contributed by atoms with Gasteiger partial charge in [-0.1, -0.05) is 42.5 Å². The molecule has 1 aliphatic heterocycles. The Bertz CT molecular complexity index is 842. The van der Waals surface area contributed by atoms with E-state index in [4.69, 9.17) is 4.74 Å². The van der Waals surface area contributed by atoms with Gasteiger partial charge in [0.25, 0.3) is 5.91 Å². The van der Waals surface area contributed by atoms with Crippen molar-refractivity contribution in [2.24, 2.45) is 0 Å². The normalized spacial score (nSPS) is 13.9. The smallest absolute Gasteiger partial charge is 0.342 e. The number of amides is 1. The van der Waals surface area contributed by atoms with E-state index < -0.39 is 5.97 Å². The number of aromatic hydroxyl groups is 1. The number of esters is 1. The van der Waals surface area contributed by atoms with Gasteiger partial charge >= 0.3 is 5.97 Å². The van der Waals surface area contributed by atoms with Gasteiger partial charge in [0.2, 0.25) is 0 Å². The zero-order chi connectivity index (χ0) is 18.5. The molecule has 5 nitrogen and oxygen atoms in total. The molecule has 0 aliphatic carbocycles. The number of ether oxygens (including phenoxy) is 1. The zero-order valence-corrected chi connectivity index (χ0v) is 14.6. The number of hydrogen-bond acceptors (Lipinski definition) is 4. The number of hydrogen-bond donors (Lipinski definition) is 1. The van der Waals surface area contributed by atoms with E-state index in [-0.39, 0.29) is 23.8 Å². The summed E-state index contributed by atoms with van der Waals surface area (Å²) in [6.45, 7) is 2.57. The Morgan fingerprint density at radius 2 is 1.92 bits per heavy atom. The van der Waals surface area contributed by atoms with Crippen molar-refractivity contribution in [3.8, 4) is 5.75 Å². The number of phenols is 1. The second-order valence-corrected chi connectivity index (χ2v) is 6.28. The molecule has 26 heavy (non-hydrogen) atoms. The van der Waals surface area contributed by atoms with E-state index in [9.17, 15) is 14.7 Å². The molecule has 1 amide bonds. The van der Waals surface area contributed by atoms with Gasteiger partial charge in [0.15, 0.2) is 6.61 Å². The average Bonchev–Trinajstić information content (AvgIpc) is 2.66. The van der Waals surface area contributed by atoms with E-state index >= 15 is 0 Å². The molecule has 0 bridgehead atoms. The third-order valence-electron chi connectivity index (χ3n) is 4.41. The summed E-state index contributed by atoms with van der Waals surface area (Å²) in [7, 11) is 0. The standard InChI is InChI=1S/C21H21NO4/c1-15-7-8-18(19(23)13-15)21(25)26-14-20(24)22-11-9-17(10-12-22)16-5-3-2-4-6-16/h2-9,13,23H,10-12,14H2,1H3. The molecule has 0 saturated carbocycles. The fourth-order valence-corrected chi connectivity index (χ4v) is 2.92. The summed E-state index contributed by atoms with van der Waals surface area (Å²) in [5.41, 5.74) is 3.29. The third kappa shape index (κ3) is 4.11. The van der Waals surface area contributed by atoms with Crippen LogP contribution in [0.5, 0.6) is 5.75 Å². The molecule has 2 aromatic rings. The van der Waals surface area contributed by atoms with Gasteiger partial charge in [-0.3, -0.25) is 4.79 Å². The fraction of sp³-hybridized carbons (Fsp3) is 0.238. The summed E-state index contributed by atoms with van der Waals surface area (Å²) < 4.78 is 5.06. The number of carbonyl (C=O) groups is 2. The van der Waals surface area contributed by atoms with E-state index in [1.807, 2.05) is 31.2 Å². The van der Waals surface area contributed by atoms with E-state index in [1.165, 1.54) is 23.3 Å². The van der Waals surface area contributed by atoms with Crippen molar-refractivity contribution in [1.29, 1.82) is 0 Å². The topological polar surface area (TPSA) is 66.8 Å². The lowest BCUT2D eigenvalue weighted by Gasteiger charge is -2.26.